The molecule has 0 aliphatic carbocycles. The van der Waals surface area contributed by atoms with Crippen LogP contribution >= 0.6 is 11.6 Å². The number of aromatic amines is 1. The Balaban J connectivity index is 1.57. The van der Waals surface area contributed by atoms with Crippen LogP contribution in [0.1, 0.15) is 40.0 Å². The number of carbonyl (C=O) groups is 1. The molecule has 0 bridgehead atoms. The van der Waals surface area contributed by atoms with E-state index in [1.807, 2.05) is 24.3 Å². The Kier molecular flexibility index (Phi) is 5.17. The molecule has 5 heteroatoms. The Hall–Kier alpha value is -2.30. The van der Waals surface area contributed by atoms with Crippen molar-refractivity contribution < 1.29 is 9.53 Å². The van der Waals surface area contributed by atoms with Crippen LogP contribution in [0, 0.1) is 13.8 Å². The monoisotopic (exact) mass is 396 g/mol. The minimum atomic E-state index is -0.155. The number of aryl methyl sites for hydroxylation is 2. The molecule has 0 unspecified atom stereocenters. The molecule has 1 aliphatic heterocycles. The van der Waals surface area contributed by atoms with Crippen LogP contribution in [0.25, 0.3) is 10.9 Å². The first-order chi connectivity index (χ1) is 13.5. The van der Waals surface area contributed by atoms with E-state index in [9.17, 15) is 4.79 Å². The zero-order valence-corrected chi connectivity index (χ0v) is 17.0. The summed E-state index contributed by atoms with van der Waals surface area (Å²) in [4.78, 5) is 16.2. The van der Waals surface area contributed by atoms with Gasteiger partial charge < -0.3 is 15.0 Å². The summed E-state index contributed by atoms with van der Waals surface area (Å²) in [5.74, 6) is -0.0823. The minimum Gasteiger partial charge on any atom is -0.381 e. The van der Waals surface area contributed by atoms with Crippen molar-refractivity contribution >= 4 is 28.4 Å². The van der Waals surface area contributed by atoms with Crippen LogP contribution in [0.4, 0.5) is 0 Å². The number of carbonyl (C=O) groups excluding carboxylic acids is 1. The van der Waals surface area contributed by atoms with Crippen LogP contribution in [-0.4, -0.2) is 30.6 Å². The molecule has 0 radical (unpaired) electrons. The summed E-state index contributed by atoms with van der Waals surface area (Å²) in [6.45, 7) is 6.07. The van der Waals surface area contributed by atoms with Gasteiger partial charge in [-0.15, -0.1) is 0 Å². The molecule has 1 fully saturated rings. The number of benzene rings is 2. The molecular formula is C23H25ClN2O2. The lowest BCUT2D eigenvalue weighted by Gasteiger charge is -2.38. The van der Waals surface area contributed by atoms with Gasteiger partial charge in [-0.3, -0.25) is 4.79 Å². The van der Waals surface area contributed by atoms with E-state index in [2.05, 4.69) is 42.3 Å². The maximum atomic E-state index is 12.9. The summed E-state index contributed by atoms with van der Waals surface area (Å²) in [6, 6.07) is 14.1. The lowest BCUT2D eigenvalue weighted by atomic mass is 9.74. The number of fused-ring (bicyclic) bond motifs is 1. The Morgan fingerprint density at radius 1 is 1.18 bits per heavy atom. The van der Waals surface area contributed by atoms with Crippen molar-refractivity contribution in [2.24, 2.45) is 0 Å². The first-order valence-electron chi connectivity index (χ1n) is 9.69. The van der Waals surface area contributed by atoms with Gasteiger partial charge in [-0.25, -0.2) is 0 Å². The van der Waals surface area contributed by atoms with Crippen molar-refractivity contribution in [3.05, 3.63) is 69.9 Å². The zero-order chi connectivity index (χ0) is 19.7. The van der Waals surface area contributed by atoms with Crippen molar-refractivity contribution in [1.29, 1.82) is 0 Å². The van der Waals surface area contributed by atoms with Gasteiger partial charge in [-0.1, -0.05) is 29.8 Å². The van der Waals surface area contributed by atoms with Gasteiger partial charge in [0.25, 0.3) is 5.91 Å². The number of hydrogen-bond donors (Lipinski definition) is 2. The van der Waals surface area contributed by atoms with Gasteiger partial charge in [-0.05, 0) is 67.6 Å². The van der Waals surface area contributed by atoms with Crippen molar-refractivity contribution in [3.8, 4) is 0 Å². The number of ether oxygens (including phenoxy) is 1. The molecule has 4 nitrogen and oxygen atoms in total. The van der Waals surface area contributed by atoms with Crippen molar-refractivity contribution in [1.82, 2.24) is 10.3 Å². The fraction of sp³-hybridized carbons (Fsp3) is 0.348. The summed E-state index contributed by atoms with van der Waals surface area (Å²) in [7, 11) is 0. The number of amides is 1. The molecule has 0 spiro atoms. The number of H-pyrrole nitrogens is 1. The Morgan fingerprint density at radius 3 is 2.71 bits per heavy atom. The fourth-order valence-electron chi connectivity index (χ4n) is 4.21. The molecule has 2 aromatic carbocycles. The summed E-state index contributed by atoms with van der Waals surface area (Å²) >= 11 is 6.23. The molecule has 0 saturated carbocycles. The van der Waals surface area contributed by atoms with Crippen LogP contribution in [0.2, 0.25) is 5.02 Å². The zero-order valence-electron chi connectivity index (χ0n) is 16.3. The third kappa shape index (κ3) is 3.67. The Labute approximate surface area is 170 Å². The van der Waals surface area contributed by atoms with E-state index in [0.717, 1.165) is 34.3 Å². The molecular weight excluding hydrogens is 372 g/mol. The quantitative estimate of drug-likeness (QED) is 0.657. The standard InChI is InChI=1S/C23H25ClN2O2/c1-15-10-16(2)19-13-21(26-20(19)11-15)22(27)25-14-23(6-8-28-9-7-23)17-4-3-5-18(24)12-17/h3-5,10-13,26H,6-9,14H2,1-2H3,(H,25,27). The van der Waals surface area contributed by atoms with E-state index in [0.29, 0.717) is 25.5 Å². The highest BCUT2D eigenvalue weighted by molar-refractivity contribution is 6.30. The third-order valence-corrected chi connectivity index (χ3v) is 6.04. The maximum absolute atomic E-state index is 12.9. The average molecular weight is 397 g/mol. The second kappa shape index (κ2) is 7.61. The highest BCUT2D eigenvalue weighted by Gasteiger charge is 2.35. The van der Waals surface area contributed by atoms with Gasteiger partial charge >= 0.3 is 0 Å². The summed E-state index contributed by atoms with van der Waals surface area (Å²) in [5.41, 5.74) is 4.95. The highest BCUT2D eigenvalue weighted by atomic mass is 35.5. The highest BCUT2D eigenvalue weighted by Crippen LogP contribution is 2.35. The molecule has 1 aliphatic rings. The number of rotatable bonds is 4. The van der Waals surface area contributed by atoms with Crippen LogP contribution in [0.3, 0.4) is 0 Å². The molecule has 1 amide bonds. The second-order valence-corrected chi connectivity index (χ2v) is 8.25. The normalized spacial score (nSPS) is 16.2. The van der Waals surface area contributed by atoms with Gasteiger partial charge in [0.15, 0.2) is 0 Å². The van der Waals surface area contributed by atoms with Gasteiger partial charge in [0.05, 0.1) is 0 Å². The van der Waals surface area contributed by atoms with Gasteiger partial charge in [0.1, 0.15) is 5.69 Å². The summed E-state index contributed by atoms with van der Waals surface area (Å²) in [6.07, 6.45) is 1.72. The Morgan fingerprint density at radius 2 is 1.96 bits per heavy atom. The average Bonchev–Trinajstić information content (AvgIpc) is 3.11. The van der Waals surface area contributed by atoms with E-state index in [1.165, 1.54) is 11.1 Å². The number of aromatic nitrogens is 1. The molecule has 1 saturated heterocycles. The second-order valence-electron chi connectivity index (χ2n) is 7.81. The van der Waals surface area contributed by atoms with Crippen LogP contribution < -0.4 is 5.32 Å². The lowest BCUT2D eigenvalue weighted by molar-refractivity contribution is 0.0487. The molecule has 4 rings (SSSR count). The van der Waals surface area contributed by atoms with Gasteiger partial charge in [0, 0.05) is 41.1 Å². The molecule has 28 heavy (non-hydrogen) atoms. The maximum Gasteiger partial charge on any atom is 0.267 e. The smallest absolute Gasteiger partial charge is 0.267 e. The predicted molar refractivity (Wildman–Crippen MR) is 113 cm³/mol. The van der Waals surface area contributed by atoms with Crippen LogP contribution in [0.5, 0.6) is 0 Å². The molecule has 146 valence electrons. The first-order valence-corrected chi connectivity index (χ1v) is 10.1. The molecule has 2 N–H and O–H groups in total. The van der Waals surface area contributed by atoms with Gasteiger partial charge in [-0.2, -0.15) is 0 Å². The van der Waals surface area contributed by atoms with E-state index in [1.54, 1.807) is 0 Å². The summed E-state index contributed by atoms with van der Waals surface area (Å²) in [5, 5.41) is 4.96. The van der Waals surface area contributed by atoms with Crippen LogP contribution in [-0.2, 0) is 10.2 Å². The lowest BCUT2D eigenvalue weighted by Crippen LogP contribution is -2.44. The number of nitrogens with one attached hydrogen (secondary N) is 2. The summed E-state index contributed by atoms with van der Waals surface area (Å²) < 4.78 is 5.58. The van der Waals surface area contributed by atoms with E-state index < -0.39 is 0 Å². The third-order valence-electron chi connectivity index (χ3n) is 5.81. The number of hydrogen-bond acceptors (Lipinski definition) is 2. The minimum absolute atomic E-state index is 0.0823. The van der Waals surface area contributed by atoms with Gasteiger partial charge in [0.2, 0.25) is 0 Å². The van der Waals surface area contributed by atoms with Crippen molar-refractivity contribution in [2.45, 2.75) is 32.1 Å². The molecule has 3 aromatic rings. The van der Waals surface area contributed by atoms with Crippen molar-refractivity contribution in [3.63, 3.8) is 0 Å². The van der Waals surface area contributed by atoms with Crippen LogP contribution in [0.15, 0.2) is 42.5 Å². The Bertz CT molecular complexity index is 1020. The number of halogens is 1. The van der Waals surface area contributed by atoms with Crippen molar-refractivity contribution in [2.75, 3.05) is 19.8 Å². The molecule has 2 heterocycles. The molecule has 1 aromatic heterocycles. The van der Waals surface area contributed by atoms with E-state index in [-0.39, 0.29) is 11.3 Å². The topological polar surface area (TPSA) is 54.1 Å². The largest absolute Gasteiger partial charge is 0.381 e. The predicted octanol–water partition coefficient (Wildman–Crippen LogP) is 4.92. The SMILES string of the molecule is Cc1cc(C)c2cc(C(=O)NCC3(c4cccc(Cl)c4)CCOCC3)[nH]c2c1. The first kappa shape index (κ1) is 19.0. The van der Waals surface area contributed by atoms with E-state index in [4.69, 9.17) is 16.3 Å². The molecule has 0 atom stereocenters. The van der Waals surface area contributed by atoms with E-state index >= 15 is 0 Å². The fourth-order valence-corrected chi connectivity index (χ4v) is 4.40.